The Labute approximate surface area is 288 Å². The summed E-state index contributed by atoms with van der Waals surface area (Å²) in [4.78, 5) is 34.8. The summed E-state index contributed by atoms with van der Waals surface area (Å²) >= 11 is 0.817. The molecule has 0 aromatic rings. The molecule has 1 N–H and O–H groups in total. The summed E-state index contributed by atoms with van der Waals surface area (Å²) in [5, 5.41) is 0. The Hall–Kier alpha value is -0.560. The zero-order valence-corrected chi connectivity index (χ0v) is 32.0. The first-order valence-electron chi connectivity index (χ1n) is 19.3. The van der Waals surface area contributed by atoms with Gasteiger partial charge in [0.2, 0.25) is 0 Å². The van der Waals surface area contributed by atoms with Gasteiger partial charge in [0.1, 0.15) is 6.61 Å². The highest BCUT2D eigenvalue weighted by molar-refractivity contribution is 8.54. The van der Waals surface area contributed by atoms with Gasteiger partial charge in [-0.3, -0.25) is 14.1 Å². The highest BCUT2D eigenvalue weighted by atomic mass is 32.7. The first-order valence-corrected chi connectivity index (χ1v) is 22.5. The molecule has 0 saturated carbocycles. The van der Waals surface area contributed by atoms with Crippen molar-refractivity contribution in [3.05, 3.63) is 0 Å². The summed E-state index contributed by atoms with van der Waals surface area (Å²) < 4.78 is 28.2. The standard InChI is InChI=1S/C37H73O7PS/c1-4-7-9-11-13-15-17-19-21-23-25-27-29-31-36(38)42-33-35(34-43-45(40,41)46-6-3)44-37(39)32-30-28-26-24-22-20-18-16-14-12-10-8-5-2/h35H,4-34H2,1-3H3,(H,40,41)/t35-/m1/s1. The van der Waals surface area contributed by atoms with Crippen LogP contribution in [0.3, 0.4) is 0 Å². The fourth-order valence-electron chi connectivity index (χ4n) is 5.57. The van der Waals surface area contributed by atoms with Crippen LogP contribution in [-0.2, 0) is 28.2 Å². The third kappa shape index (κ3) is 33.3. The van der Waals surface area contributed by atoms with Crippen molar-refractivity contribution in [1.29, 1.82) is 0 Å². The Balaban J connectivity index is 4.11. The maximum absolute atomic E-state index is 12.5. The van der Waals surface area contributed by atoms with Gasteiger partial charge in [0.15, 0.2) is 6.10 Å². The van der Waals surface area contributed by atoms with Gasteiger partial charge in [0.25, 0.3) is 0 Å². The van der Waals surface area contributed by atoms with Gasteiger partial charge in [0.05, 0.1) is 6.61 Å². The molecule has 7 nitrogen and oxygen atoms in total. The first kappa shape index (κ1) is 45.4. The van der Waals surface area contributed by atoms with Crippen LogP contribution in [0.15, 0.2) is 0 Å². The Morgan fingerprint density at radius 1 is 0.543 bits per heavy atom. The van der Waals surface area contributed by atoms with E-state index in [9.17, 15) is 19.0 Å². The number of unbranched alkanes of at least 4 members (excludes halogenated alkanes) is 24. The SMILES string of the molecule is CCCCCCCCCCCCCCCC(=O)OC[C@H](COP(=O)(O)SCC)OC(=O)CCCCCCCCCCCCCCC. The Kier molecular flexibility index (Phi) is 33.9. The average molecular weight is 693 g/mol. The van der Waals surface area contributed by atoms with Gasteiger partial charge in [-0.1, -0.05) is 175 Å². The largest absolute Gasteiger partial charge is 0.462 e. The topological polar surface area (TPSA) is 99.1 Å². The maximum atomic E-state index is 12.5. The molecule has 274 valence electrons. The van der Waals surface area contributed by atoms with Gasteiger partial charge >= 0.3 is 18.7 Å². The molecule has 0 aliphatic carbocycles. The van der Waals surface area contributed by atoms with Crippen molar-refractivity contribution in [1.82, 2.24) is 0 Å². The summed E-state index contributed by atoms with van der Waals surface area (Å²) in [7, 11) is 0. The summed E-state index contributed by atoms with van der Waals surface area (Å²) in [6.45, 7) is 1.97. The van der Waals surface area contributed by atoms with E-state index in [0.29, 0.717) is 12.2 Å². The number of hydrogen-bond acceptors (Lipinski definition) is 7. The summed E-state index contributed by atoms with van der Waals surface area (Å²) in [5.74, 6) is -0.304. The van der Waals surface area contributed by atoms with E-state index in [-0.39, 0.29) is 31.6 Å². The lowest BCUT2D eigenvalue weighted by Crippen LogP contribution is -2.29. The lowest BCUT2D eigenvalue weighted by molar-refractivity contribution is -0.161. The summed E-state index contributed by atoms with van der Waals surface area (Å²) in [6.07, 6.45) is 31.8. The fraction of sp³-hybridized carbons (Fsp3) is 0.946. The molecule has 46 heavy (non-hydrogen) atoms. The Morgan fingerprint density at radius 3 is 1.26 bits per heavy atom. The zero-order chi connectivity index (χ0) is 34.0. The fourth-order valence-corrected chi connectivity index (χ4v) is 7.71. The number of carbonyl (C=O) groups excluding carboxylic acids is 2. The van der Waals surface area contributed by atoms with Crippen LogP contribution in [0.25, 0.3) is 0 Å². The molecule has 0 radical (unpaired) electrons. The molecule has 0 amide bonds. The van der Waals surface area contributed by atoms with Crippen LogP contribution in [0, 0.1) is 0 Å². The molecule has 9 heteroatoms. The molecule has 0 aliphatic heterocycles. The Morgan fingerprint density at radius 2 is 0.891 bits per heavy atom. The monoisotopic (exact) mass is 692 g/mol. The molecule has 1 unspecified atom stereocenters. The molecule has 0 bridgehead atoms. The van der Waals surface area contributed by atoms with Gasteiger partial charge < -0.3 is 14.4 Å². The quantitative estimate of drug-likeness (QED) is 0.0393. The smallest absolute Gasteiger partial charge is 0.386 e. The number of ether oxygens (including phenoxy) is 2. The van der Waals surface area contributed by atoms with Crippen LogP contribution >= 0.6 is 18.2 Å². The second kappa shape index (κ2) is 34.3. The van der Waals surface area contributed by atoms with Crippen LogP contribution in [-0.4, -0.2) is 41.9 Å². The van der Waals surface area contributed by atoms with Crippen molar-refractivity contribution >= 4 is 30.1 Å². The molecule has 2 atom stereocenters. The molecular weight excluding hydrogens is 619 g/mol. The molecule has 0 fully saturated rings. The van der Waals surface area contributed by atoms with Crippen LogP contribution in [0.2, 0.25) is 0 Å². The highest BCUT2D eigenvalue weighted by Gasteiger charge is 2.25. The summed E-state index contributed by atoms with van der Waals surface area (Å²) in [6, 6.07) is 0. The van der Waals surface area contributed by atoms with Crippen LogP contribution in [0.5, 0.6) is 0 Å². The maximum Gasteiger partial charge on any atom is 0.386 e. The molecule has 0 rings (SSSR count). The molecular formula is C37H73O7PS. The van der Waals surface area contributed by atoms with Gasteiger partial charge in [0, 0.05) is 18.6 Å². The van der Waals surface area contributed by atoms with E-state index in [4.69, 9.17) is 14.0 Å². The van der Waals surface area contributed by atoms with E-state index < -0.39 is 12.9 Å². The normalized spacial score (nSPS) is 13.4. The van der Waals surface area contributed by atoms with E-state index in [0.717, 1.165) is 49.9 Å². The number of esters is 2. The predicted molar refractivity (Wildman–Crippen MR) is 195 cm³/mol. The second-order valence-corrected chi connectivity index (χ2v) is 17.2. The second-order valence-electron chi connectivity index (χ2n) is 13.0. The minimum atomic E-state index is -3.85. The number of hydrogen-bond donors (Lipinski definition) is 1. The van der Waals surface area contributed by atoms with E-state index in [1.54, 1.807) is 6.92 Å². The molecule has 0 spiro atoms. The van der Waals surface area contributed by atoms with Crippen molar-refractivity contribution in [2.45, 2.75) is 207 Å². The lowest BCUT2D eigenvalue weighted by Gasteiger charge is -2.19. The average Bonchev–Trinajstić information content (AvgIpc) is 3.03. The van der Waals surface area contributed by atoms with Crippen LogP contribution in [0.1, 0.15) is 201 Å². The van der Waals surface area contributed by atoms with Gasteiger partial charge in [-0.15, -0.1) is 0 Å². The van der Waals surface area contributed by atoms with E-state index in [2.05, 4.69) is 13.8 Å². The third-order valence-corrected chi connectivity index (χ3v) is 11.5. The minimum absolute atomic E-state index is 0.168. The number of rotatable bonds is 36. The van der Waals surface area contributed by atoms with E-state index >= 15 is 0 Å². The predicted octanol–water partition coefficient (Wildman–Crippen LogP) is 12.3. The van der Waals surface area contributed by atoms with Crippen molar-refractivity contribution in [3.63, 3.8) is 0 Å². The van der Waals surface area contributed by atoms with Crippen molar-refractivity contribution in [2.75, 3.05) is 19.0 Å². The molecule has 0 saturated heterocycles. The van der Waals surface area contributed by atoms with Crippen molar-refractivity contribution in [2.24, 2.45) is 0 Å². The van der Waals surface area contributed by atoms with Gasteiger partial charge in [-0.05, 0) is 24.2 Å². The van der Waals surface area contributed by atoms with Gasteiger partial charge in [-0.25, -0.2) is 4.57 Å². The van der Waals surface area contributed by atoms with E-state index in [1.807, 2.05) is 0 Å². The summed E-state index contributed by atoms with van der Waals surface area (Å²) in [5.41, 5.74) is 0. The van der Waals surface area contributed by atoms with Crippen molar-refractivity contribution < 1.29 is 33.0 Å². The Bertz CT molecular complexity index is 737. The first-order chi connectivity index (χ1) is 22.3. The zero-order valence-electron chi connectivity index (χ0n) is 30.2. The third-order valence-electron chi connectivity index (χ3n) is 8.41. The van der Waals surface area contributed by atoms with Crippen molar-refractivity contribution in [3.8, 4) is 0 Å². The molecule has 0 heterocycles. The minimum Gasteiger partial charge on any atom is -0.462 e. The molecule has 0 aliphatic rings. The van der Waals surface area contributed by atoms with Gasteiger partial charge in [-0.2, -0.15) is 0 Å². The molecule has 0 aromatic heterocycles. The number of carbonyl (C=O) groups is 2. The lowest BCUT2D eigenvalue weighted by atomic mass is 10.0. The van der Waals surface area contributed by atoms with Crippen LogP contribution in [0.4, 0.5) is 0 Å². The van der Waals surface area contributed by atoms with E-state index in [1.165, 1.54) is 128 Å². The van der Waals surface area contributed by atoms with Crippen LogP contribution < -0.4 is 0 Å². The molecule has 0 aromatic carbocycles. The highest BCUT2D eigenvalue weighted by Crippen LogP contribution is 2.55.